The fourth-order valence-corrected chi connectivity index (χ4v) is 2.97. The Labute approximate surface area is 139 Å². The van der Waals surface area contributed by atoms with Crippen molar-refractivity contribution in [3.8, 4) is 0 Å². The predicted octanol–water partition coefficient (Wildman–Crippen LogP) is 7.02. The van der Waals surface area contributed by atoms with E-state index in [1.165, 1.54) is 69.8 Å². The third kappa shape index (κ3) is 10.1. The van der Waals surface area contributed by atoms with Gasteiger partial charge in [0.2, 0.25) is 0 Å². The van der Waals surface area contributed by atoms with Crippen LogP contribution in [-0.4, -0.2) is 6.61 Å². The van der Waals surface area contributed by atoms with Gasteiger partial charge in [-0.25, -0.2) is 0 Å². The first kappa shape index (κ1) is 18.7. The van der Waals surface area contributed by atoms with Crippen LogP contribution in [0.2, 0.25) is 0 Å². The van der Waals surface area contributed by atoms with Gasteiger partial charge in [-0.05, 0) is 12.0 Å². The highest BCUT2D eigenvalue weighted by Crippen LogP contribution is 2.23. The largest absolute Gasteiger partial charge is 0.362 e. The van der Waals surface area contributed by atoms with E-state index in [9.17, 15) is 0 Å². The molecule has 0 heterocycles. The van der Waals surface area contributed by atoms with Crippen molar-refractivity contribution in [3.05, 3.63) is 35.9 Å². The number of alkyl halides is 1. The first-order valence-electron chi connectivity index (χ1n) is 8.65. The predicted molar refractivity (Wildman–Crippen MR) is 95.9 cm³/mol. The average molecular weight is 355 g/mol. The van der Waals surface area contributed by atoms with E-state index in [1.807, 2.05) is 18.2 Å². The highest BCUT2D eigenvalue weighted by Gasteiger charge is 2.05. The van der Waals surface area contributed by atoms with E-state index in [1.54, 1.807) is 0 Å². The van der Waals surface area contributed by atoms with Gasteiger partial charge in [-0.2, -0.15) is 0 Å². The molecular formula is C19H31BrO. The quantitative estimate of drug-likeness (QED) is 0.273. The van der Waals surface area contributed by atoms with E-state index in [-0.39, 0.29) is 5.01 Å². The first-order valence-corrected chi connectivity index (χ1v) is 9.56. The molecule has 0 aromatic heterocycles. The van der Waals surface area contributed by atoms with Gasteiger partial charge in [0.1, 0.15) is 5.01 Å². The Morgan fingerprint density at radius 3 is 1.90 bits per heavy atom. The van der Waals surface area contributed by atoms with E-state index in [4.69, 9.17) is 4.74 Å². The zero-order chi connectivity index (χ0) is 15.2. The fraction of sp³-hybridized carbons (Fsp3) is 0.684. The number of hydrogen-bond acceptors (Lipinski definition) is 1. The third-order valence-electron chi connectivity index (χ3n) is 3.82. The summed E-state index contributed by atoms with van der Waals surface area (Å²) in [5.74, 6) is 0. The van der Waals surface area contributed by atoms with Crippen molar-refractivity contribution in [1.29, 1.82) is 0 Å². The van der Waals surface area contributed by atoms with Crippen LogP contribution in [-0.2, 0) is 4.74 Å². The van der Waals surface area contributed by atoms with Crippen LogP contribution in [0.1, 0.15) is 81.7 Å². The molecule has 0 amide bonds. The zero-order valence-electron chi connectivity index (χ0n) is 13.5. The summed E-state index contributed by atoms with van der Waals surface area (Å²) in [6.45, 7) is 3.12. The lowest BCUT2D eigenvalue weighted by molar-refractivity contribution is 0.114. The van der Waals surface area contributed by atoms with Crippen LogP contribution in [0.25, 0.3) is 0 Å². The van der Waals surface area contributed by atoms with E-state index in [0.717, 1.165) is 6.61 Å². The molecule has 0 saturated carbocycles. The highest BCUT2D eigenvalue weighted by molar-refractivity contribution is 9.09. The van der Waals surface area contributed by atoms with E-state index < -0.39 is 0 Å². The van der Waals surface area contributed by atoms with E-state index >= 15 is 0 Å². The van der Waals surface area contributed by atoms with Gasteiger partial charge in [0.25, 0.3) is 0 Å². The molecule has 1 atom stereocenters. The topological polar surface area (TPSA) is 9.23 Å². The number of hydrogen-bond donors (Lipinski definition) is 0. The van der Waals surface area contributed by atoms with Crippen molar-refractivity contribution >= 4 is 15.9 Å². The molecule has 0 saturated heterocycles. The zero-order valence-corrected chi connectivity index (χ0v) is 15.1. The lowest BCUT2D eigenvalue weighted by Gasteiger charge is -2.11. The summed E-state index contributed by atoms with van der Waals surface area (Å²) in [5.41, 5.74) is 1.20. The number of unbranched alkanes of at least 4 members (excludes halogenated alkanes) is 9. The van der Waals surface area contributed by atoms with Crippen molar-refractivity contribution in [3.63, 3.8) is 0 Å². The molecule has 0 spiro atoms. The molecule has 1 rings (SSSR count). The van der Waals surface area contributed by atoms with Gasteiger partial charge >= 0.3 is 0 Å². The second-order valence-electron chi connectivity index (χ2n) is 5.78. The van der Waals surface area contributed by atoms with Gasteiger partial charge in [0, 0.05) is 6.61 Å². The summed E-state index contributed by atoms with van der Waals surface area (Å²) in [7, 11) is 0. The van der Waals surface area contributed by atoms with Crippen LogP contribution < -0.4 is 0 Å². The maximum Gasteiger partial charge on any atom is 0.137 e. The molecule has 1 aromatic rings. The van der Waals surface area contributed by atoms with Crippen LogP contribution in [0.4, 0.5) is 0 Å². The van der Waals surface area contributed by atoms with Crippen molar-refractivity contribution in [2.75, 3.05) is 6.61 Å². The number of halogens is 1. The van der Waals surface area contributed by atoms with Crippen LogP contribution >= 0.6 is 15.9 Å². The van der Waals surface area contributed by atoms with Gasteiger partial charge in [-0.3, -0.25) is 0 Å². The summed E-state index contributed by atoms with van der Waals surface area (Å²) in [5, 5.41) is 0.0391. The molecule has 2 heteroatoms. The third-order valence-corrected chi connectivity index (χ3v) is 4.62. The maximum atomic E-state index is 5.82. The summed E-state index contributed by atoms with van der Waals surface area (Å²) in [6, 6.07) is 10.3. The highest BCUT2D eigenvalue weighted by atomic mass is 79.9. The lowest BCUT2D eigenvalue weighted by atomic mass is 10.1. The van der Waals surface area contributed by atoms with Crippen LogP contribution in [0.5, 0.6) is 0 Å². The minimum Gasteiger partial charge on any atom is -0.362 e. The Balaban J connectivity index is 1.86. The molecule has 0 aliphatic heterocycles. The number of benzene rings is 1. The fourth-order valence-electron chi connectivity index (χ4n) is 2.48. The van der Waals surface area contributed by atoms with Gasteiger partial charge in [0.15, 0.2) is 0 Å². The van der Waals surface area contributed by atoms with Gasteiger partial charge in [-0.15, -0.1) is 0 Å². The summed E-state index contributed by atoms with van der Waals surface area (Å²) in [4.78, 5) is 0. The van der Waals surface area contributed by atoms with Crippen LogP contribution in [0.15, 0.2) is 30.3 Å². The van der Waals surface area contributed by atoms with Gasteiger partial charge in [0.05, 0.1) is 0 Å². The average Bonchev–Trinajstić information content (AvgIpc) is 2.53. The van der Waals surface area contributed by atoms with Gasteiger partial charge < -0.3 is 4.74 Å². The standard InChI is InChI=1S/C19H31BrO/c1-2-3-4-5-6-7-8-9-10-14-17-21-19(20)18-15-12-11-13-16-18/h11-13,15-16,19H,2-10,14,17H2,1H3. The first-order chi connectivity index (χ1) is 10.3. The summed E-state index contributed by atoms with van der Waals surface area (Å²) >= 11 is 3.59. The Morgan fingerprint density at radius 2 is 1.33 bits per heavy atom. The molecule has 0 fully saturated rings. The molecule has 21 heavy (non-hydrogen) atoms. The minimum absolute atomic E-state index is 0.0391. The molecule has 1 nitrogen and oxygen atoms in total. The van der Waals surface area contributed by atoms with Gasteiger partial charge in [-0.1, -0.05) is 111 Å². The second kappa shape index (κ2) is 13.3. The van der Waals surface area contributed by atoms with Crippen molar-refractivity contribution < 1.29 is 4.74 Å². The molecule has 120 valence electrons. The Morgan fingerprint density at radius 1 is 0.810 bits per heavy atom. The van der Waals surface area contributed by atoms with Crippen molar-refractivity contribution in [2.24, 2.45) is 0 Å². The number of ether oxygens (including phenoxy) is 1. The molecule has 0 N–H and O–H groups in total. The van der Waals surface area contributed by atoms with Crippen LogP contribution in [0.3, 0.4) is 0 Å². The smallest absolute Gasteiger partial charge is 0.137 e. The SMILES string of the molecule is CCCCCCCCCCCCOC(Br)c1ccccc1. The second-order valence-corrected chi connectivity index (χ2v) is 6.61. The summed E-state index contributed by atoms with van der Waals surface area (Å²) in [6.07, 6.45) is 13.7. The Bertz CT molecular complexity index is 326. The molecule has 1 aromatic carbocycles. The normalized spacial score (nSPS) is 12.5. The number of rotatable bonds is 13. The molecule has 0 aliphatic carbocycles. The molecular weight excluding hydrogens is 324 g/mol. The Kier molecular flexibility index (Phi) is 11.9. The van der Waals surface area contributed by atoms with Crippen molar-refractivity contribution in [2.45, 2.75) is 76.1 Å². The van der Waals surface area contributed by atoms with E-state index in [0.29, 0.717) is 0 Å². The molecule has 1 unspecified atom stereocenters. The van der Waals surface area contributed by atoms with E-state index in [2.05, 4.69) is 35.0 Å². The van der Waals surface area contributed by atoms with Crippen LogP contribution in [0, 0.1) is 0 Å². The molecule has 0 radical (unpaired) electrons. The monoisotopic (exact) mass is 354 g/mol. The molecule has 0 aliphatic rings. The maximum absolute atomic E-state index is 5.82. The lowest BCUT2D eigenvalue weighted by Crippen LogP contribution is -1.98. The Hall–Kier alpha value is -0.340. The summed E-state index contributed by atoms with van der Waals surface area (Å²) < 4.78 is 5.82. The molecule has 0 bridgehead atoms. The minimum atomic E-state index is 0.0391. The van der Waals surface area contributed by atoms with Crippen molar-refractivity contribution in [1.82, 2.24) is 0 Å².